The molecule has 0 unspecified atom stereocenters. The van der Waals surface area contributed by atoms with Gasteiger partial charge in [-0.2, -0.15) is 11.3 Å². The van der Waals surface area contributed by atoms with E-state index in [-0.39, 0.29) is 5.78 Å². The highest BCUT2D eigenvalue weighted by molar-refractivity contribution is 7.08. The number of nitrogens with zero attached hydrogens (tertiary/aromatic N) is 1. The molecule has 0 amide bonds. The van der Waals surface area contributed by atoms with Crippen LogP contribution in [0.4, 0.5) is 0 Å². The Morgan fingerprint density at radius 1 is 1.64 bits per heavy atom. The van der Waals surface area contributed by atoms with Crippen LogP contribution in [0.15, 0.2) is 21.8 Å². The molecule has 0 aromatic carbocycles. The standard InChI is InChI=1S/C11H15NOS/c1-9(2)7-12-5-3-11(13)10-4-6-14-8-10/h4-6,8-9H,3,7H2,1-2H3. The molecule has 0 aliphatic rings. The van der Waals surface area contributed by atoms with Crippen molar-refractivity contribution in [2.24, 2.45) is 10.9 Å². The highest BCUT2D eigenvalue weighted by Crippen LogP contribution is 2.07. The smallest absolute Gasteiger partial charge is 0.169 e. The molecule has 0 saturated heterocycles. The molecule has 2 nitrogen and oxygen atoms in total. The van der Waals surface area contributed by atoms with Crippen LogP contribution in [0.3, 0.4) is 0 Å². The molecule has 1 heterocycles. The van der Waals surface area contributed by atoms with Gasteiger partial charge in [0.25, 0.3) is 0 Å². The van der Waals surface area contributed by atoms with Crippen molar-refractivity contribution in [1.82, 2.24) is 0 Å². The van der Waals surface area contributed by atoms with Gasteiger partial charge in [-0.25, -0.2) is 0 Å². The number of hydrogen-bond donors (Lipinski definition) is 0. The van der Waals surface area contributed by atoms with E-state index in [9.17, 15) is 4.79 Å². The lowest BCUT2D eigenvalue weighted by atomic mass is 10.2. The fourth-order valence-corrected chi connectivity index (χ4v) is 1.63. The summed E-state index contributed by atoms with van der Waals surface area (Å²) in [5.41, 5.74) is 0.797. The average Bonchev–Trinajstić information content (AvgIpc) is 2.64. The maximum atomic E-state index is 11.5. The van der Waals surface area contributed by atoms with Crippen LogP contribution < -0.4 is 0 Å². The first-order valence-electron chi connectivity index (χ1n) is 4.74. The normalized spacial score (nSPS) is 11.4. The fraction of sp³-hybridized carbons (Fsp3) is 0.455. The molecule has 0 atom stereocenters. The monoisotopic (exact) mass is 209 g/mol. The van der Waals surface area contributed by atoms with Crippen molar-refractivity contribution >= 4 is 23.3 Å². The molecule has 0 radical (unpaired) electrons. The van der Waals surface area contributed by atoms with Gasteiger partial charge >= 0.3 is 0 Å². The Bertz CT molecular complexity index is 301. The summed E-state index contributed by atoms with van der Waals surface area (Å²) in [6.07, 6.45) is 2.14. The Kier molecular flexibility index (Phi) is 4.53. The van der Waals surface area contributed by atoms with Crippen molar-refractivity contribution in [1.29, 1.82) is 0 Å². The van der Waals surface area contributed by atoms with Crippen molar-refractivity contribution in [2.45, 2.75) is 20.3 Å². The molecule has 3 heteroatoms. The third-order valence-corrected chi connectivity index (χ3v) is 2.40. The molecule has 0 spiro atoms. The number of hydrogen-bond acceptors (Lipinski definition) is 3. The van der Waals surface area contributed by atoms with Crippen LogP contribution >= 0.6 is 11.3 Å². The Morgan fingerprint density at radius 2 is 2.43 bits per heavy atom. The minimum atomic E-state index is 0.152. The van der Waals surface area contributed by atoms with E-state index in [4.69, 9.17) is 0 Å². The minimum absolute atomic E-state index is 0.152. The second-order valence-electron chi connectivity index (χ2n) is 3.58. The first-order chi connectivity index (χ1) is 6.70. The average molecular weight is 209 g/mol. The Hall–Kier alpha value is -0.960. The van der Waals surface area contributed by atoms with Crippen molar-refractivity contribution in [3.05, 3.63) is 22.4 Å². The van der Waals surface area contributed by atoms with E-state index in [1.807, 2.05) is 16.8 Å². The van der Waals surface area contributed by atoms with Crippen molar-refractivity contribution in [3.63, 3.8) is 0 Å². The first-order valence-corrected chi connectivity index (χ1v) is 5.68. The topological polar surface area (TPSA) is 29.4 Å². The molecule has 76 valence electrons. The highest BCUT2D eigenvalue weighted by Gasteiger charge is 2.02. The van der Waals surface area contributed by atoms with E-state index in [1.54, 1.807) is 17.6 Å². The van der Waals surface area contributed by atoms with E-state index < -0.39 is 0 Å². The van der Waals surface area contributed by atoms with Crippen LogP contribution in [0.25, 0.3) is 0 Å². The van der Waals surface area contributed by atoms with Crippen LogP contribution in [0.2, 0.25) is 0 Å². The van der Waals surface area contributed by atoms with E-state index in [0.717, 1.165) is 12.1 Å². The molecule has 0 fully saturated rings. The second-order valence-corrected chi connectivity index (χ2v) is 4.36. The molecule has 1 aromatic rings. The van der Waals surface area contributed by atoms with Gasteiger partial charge in [-0.1, -0.05) is 13.8 Å². The van der Waals surface area contributed by atoms with Gasteiger partial charge in [-0.3, -0.25) is 9.79 Å². The largest absolute Gasteiger partial charge is 0.297 e. The van der Waals surface area contributed by atoms with Crippen LogP contribution in [0.5, 0.6) is 0 Å². The number of thiophene rings is 1. The number of rotatable bonds is 5. The van der Waals surface area contributed by atoms with E-state index in [2.05, 4.69) is 18.8 Å². The predicted octanol–water partition coefficient (Wildman–Crippen LogP) is 3.05. The molecule has 0 N–H and O–H groups in total. The van der Waals surface area contributed by atoms with Gasteiger partial charge in [0, 0.05) is 30.1 Å². The summed E-state index contributed by atoms with van der Waals surface area (Å²) in [7, 11) is 0. The van der Waals surface area contributed by atoms with E-state index in [0.29, 0.717) is 12.3 Å². The van der Waals surface area contributed by atoms with Gasteiger partial charge in [-0.15, -0.1) is 0 Å². The second kappa shape index (κ2) is 5.70. The molecule has 0 saturated carbocycles. The lowest BCUT2D eigenvalue weighted by Crippen LogP contribution is -1.99. The lowest BCUT2D eigenvalue weighted by molar-refractivity contribution is 0.100. The van der Waals surface area contributed by atoms with Gasteiger partial charge in [0.1, 0.15) is 0 Å². The number of carbonyl (C=O) groups is 1. The highest BCUT2D eigenvalue weighted by atomic mass is 32.1. The zero-order valence-corrected chi connectivity index (χ0v) is 9.38. The molecule has 14 heavy (non-hydrogen) atoms. The van der Waals surface area contributed by atoms with Gasteiger partial charge in [0.15, 0.2) is 5.78 Å². The quantitative estimate of drug-likeness (QED) is 0.541. The maximum absolute atomic E-state index is 11.5. The Balaban J connectivity index is 2.32. The molecular weight excluding hydrogens is 194 g/mol. The van der Waals surface area contributed by atoms with Gasteiger partial charge in [-0.05, 0) is 17.4 Å². The number of ketones is 1. The fourth-order valence-electron chi connectivity index (χ4n) is 0.974. The third-order valence-electron chi connectivity index (χ3n) is 1.72. The molecule has 0 aliphatic heterocycles. The van der Waals surface area contributed by atoms with Gasteiger partial charge in [0.2, 0.25) is 0 Å². The summed E-state index contributed by atoms with van der Waals surface area (Å²) < 4.78 is 0. The van der Waals surface area contributed by atoms with Crippen LogP contribution in [-0.4, -0.2) is 18.5 Å². The summed E-state index contributed by atoms with van der Waals surface area (Å²) in [4.78, 5) is 15.6. The van der Waals surface area contributed by atoms with Crippen LogP contribution in [-0.2, 0) is 0 Å². The molecule has 0 aliphatic carbocycles. The van der Waals surface area contributed by atoms with E-state index >= 15 is 0 Å². The number of aliphatic imine (C=N–C) groups is 1. The minimum Gasteiger partial charge on any atom is -0.297 e. The first kappa shape index (κ1) is 11.1. The molecule has 0 bridgehead atoms. The Labute approximate surface area is 88.7 Å². The predicted molar refractivity (Wildman–Crippen MR) is 61.5 cm³/mol. The maximum Gasteiger partial charge on any atom is 0.169 e. The number of Topliss-reactive ketones (excluding diaryl/α,β-unsaturated/α-hetero) is 1. The van der Waals surface area contributed by atoms with E-state index in [1.165, 1.54) is 0 Å². The van der Waals surface area contributed by atoms with Crippen LogP contribution in [0, 0.1) is 5.92 Å². The summed E-state index contributed by atoms with van der Waals surface area (Å²) in [6.45, 7) is 5.02. The SMILES string of the molecule is CC(C)CN=CCC(=O)c1ccsc1. The van der Waals surface area contributed by atoms with Gasteiger partial charge < -0.3 is 0 Å². The summed E-state index contributed by atoms with van der Waals surface area (Å²) in [6, 6.07) is 1.85. The van der Waals surface area contributed by atoms with Gasteiger partial charge in [0.05, 0.1) is 0 Å². The zero-order valence-electron chi connectivity index (χ0n) is 8.56. The zero-order chi connectivity index (χ0) is 10.4. The van der Waals surface area contributed by atoms with Crippen molar-refractivity contribution in [2.75, 3.05) is 6.54 Å². The molecule has 1 aromatic heterocycles. The Morgan fingerprint density at radius 3 is 3.00 bits per heavy atom. The molecule has 1 rings (SSSR count). The van der Waals surface area contributed by atoms with Crippen molar-refractivity contribution < 1.29 is 4.79 Å². The van der Waals surface area contributed by atoms with Crippen molar-refractivity contribution in [3.8, 4) is 0 Å². The molecular formula is C11H15NOS. The number of carbonyl (C=O) groups excluding carboxylic acids is 1. The summed E-state index contributed by atoms with van der Waals surface area (Å²) >= 11 is 1.55. The summed E-state index contributed by atoms with van der Waals surface area (Å²) in [5, 5.41) is 3.79. The van der Waals surface area contributed by atoms with Crippen LogP contribution in [0.1, 0.15) is 30.6 Å². The summed E-state index contributed by atoms with van der Waals surface area (Å²) in [5.74, 6) is 0.709. The third kappa shape index (κ3) is 3.83. The lowest BCUT2D eigenvalue weighted by Gasteiger charge is -1.96.